The van der Waals surface area contributed by atoms with Gasteiger partial charge >= 0.3 is 39.5 Å². The van der Waals surface area contributed by atoms with E-state index in [1.165, 1.54) is 244 Å². The van der Waals surface area contributed by atoms with Gasteiger partial charge in [-0.3, -0.25) is 37.3 Å². The molecule has 17 nitrogen and oxygen atoms in total. The van der Waals surface area contributed by atoms with Gasteiger partial charge in [-0.1, -0.05) is 375 Å². The summed E-state index contributed by atoms with van der Waals surface area (Å²) in [4.78, 5) is 73.0. The number of carbonyl (C=O) groups is 4. The van der Waals surface area contributed by atoms with Crippen molar-refractivity contribution < 1.29 is 80.2 Å². The Morgan fingerprint density at radius 1 is 0.270 bits per heavy atom. The summed E-state index contributed by atoms with van der Waals surface area (Å²) in [7, 11) is -9.92. The molecule has 0 aliphatic heterocycles. The molecule has 0 rings (SSSR count). The molecule has 0 bridgehead atoms. The number of aliphatic hydroxyl groups is 1. The van der Waals surface area contributed by atoms with Crippen LogP contribution in [0.3, 0.4) is 0 Å². The van der Waals surface area contributed by atoms with Gasteiger partial charge in [-0.05, 0) is 37.5 Å². The maximum absolute atomic E-state index is 13.1. The summed E-state index contributed by atoms with van der Waals surface area (Å²) in [5.74, 6) is -0.648. The van der Waals surface area contributed by atoms with Crippen LogP contribution in [0.25, 0.3) is 0 Å². The molecular formula is C81H158O17P2. The zero-order valence-corrected chi connectivity index (χ0v) is 67.3. The Morgan fingerprint density at radius 2 is 0.460 bits per heavy atom. The Balaban J connectivity index is 5.22. The molecule has 0 fully saturated rings. The summed E-state index contributed by atoms with van der Waals surface area (Å²) in [6.45, 7) is 9.57. The van der Waals surface area contributed by atoms with Crippen molar-refractivity contribution in [1.29, 1.82) is 0 Å². The van der Waals surface area contributed by atoms with Gasteiger partial charge in [-0.2, -0.15) is 0 Å². The van der Waals surface area contributed by atoms with E-state index in [-0.39, 0.29) is 25.7 Å². The van der Waals surface area contributed by atoms with Gasteiger partial charge in [0.25, 0.3) is 0 Å². The highest BCUT2D eigenvalue weighted by molar-refractivity contribution is 7.47. The molecular weight excluding hydrogens is 1310 g/mol. The lowest BCUT2D eigenvalue weighted by Gasteiger charge is -2.21. The van der Waals surface area contributed by atoms with Gasteiger partial charge in [0.15, 0.2) is 12.2 Å². The van der Waals surface area contributed by atoms with Crippen LogP contribution in [0.2, 0.25) is 0 Å². The largest absolute Gasteiger partial charge is 0.472 e. The van der Waals surface area contributed by atoms with Crippen LogP contribution < -0.4 is 0 Å². The predicted octanol–water partition coefficient (Wildman–Crippen LogP) is 24.3. The first-order chi connectivity index (χ1) is 48.4. The quantitative estimate of drug-likeness (QED) is 0.0222. The highest BCUT2D eigenvalue weighted by Crippen LogP contribution is 2.45. The van der Waals surface area contributed by atoms with Gasteiger partial charge < -0.3 is 33.8 Å². The maximum atomic E-state index is 13.1. The fraction of sp³-hybridized carbons (Fsp3) is 0.951. The summed E-state index contributed by atoms with van der Waals surface area (Å²) >= 11 is 0. The molecule has 19 heteroatoms. The number of phosphoric ester groups is 2. The van der Waals surface area contributed by atoms with E-state index in [0.717, 1.165) is 102 Å². The first-order valence-corrected chi connectivity index (χ1v) is 45.0. The Morgan fingerprint density at radius 3 is 0.680 bits per heavy atom. The second-order valence-corrected chi connectivity index (χ2v) is 33.0. The van der Waals surface area contributed by atoms with Crippen molar-refractivity contribution in [1.82, 2.24) is 0 Å². The van der Waals surface area contributed by atoms with Gasteiger partial charge in [0.05, 0.1) is 26.4 Å². The third-order valence-corrected chi connectivity index (χ3v) is 20.9. The van der Waals surface area contributed by atoms with Crippen molar-refractivity contribution >= 4 is 39.5 Å². The summed E-state index contributed by atoms with van der Waals surface area (Å²) in [6.07, 6.45) is 62.6. The van der Waals surface area contributed by atoms with E-state index in [1.54, 1.807) is 0 Å². The Kier molecular flexibility index (Phi) is 71.2. The van der Waals surface area contributed by atoms with Crippen molar-refractivity contribution in [2.24, 2.45) is 11.8 Å². The van der Waals surface area contributed by atoms with E-state index < -0.39 is 97.5 Å². The molecule has 0 saturated carbocycles. The average molecular weight is 1470 g/mol. The number of hydrogen-bond acceptors (Lipinski definition) is 15. The number of carbonyl (C=O) groups excluding carboxylic acids is 4. The lowest BCUT2D eigenvalue weighted by molar-refractivity contribution is -0.161. The summed E-state index contributed by atoms with van der Waals surface area (Å²) in [5, 5.41) is 10.6. The first kappa shape index (κ1) is 98.1. The zero-order chi connectivity index (χ0) is 73.5. The summed E-state index contributed by atoms with van der Waals surface area (Å²) in [6, 6.07) is 0. The third kappa shape index (κ3) is 74.3. The van der Waals surface area contributed by atoms with Crippen LogP contribution in [0.4, 0.5) is 0 Å². The molecule has 3 N–H and O–H groups in total. The lowest BCUT2D eigenvalue weighted by atomic mass is 10.0. The zero-order valence-electron chi connectivity index (χ0n) is 65.5. The topological polar surface area (TPSA) is 237 Å². The monoisotopic (exact) mass is 1470 g/mol. The van der Waals surface area contributed by atoms with Crippen LogP contribution in [0.5, 0.6) is 0 Å². The van der Waals surface area contributed by atoms with E-state index in [2.05, 4.69) is 41.5 Å². The molecule has 0 spiro atoms. The minimum absolute atomic E-state index is 0.105. The van der Waals surface area contributed by atoms with Gasteiger partial charge in [0.2, 0.25) is 0 Å². The Hall–Kier alpha value is -1.94. The van der Waals surface area contributed by atoms with E-state index in [0.29, 0.717) is 25.7 Å². The molecule has 5 atom stereocenters. The number of unbranched alkanes of at least 4 members (excludes halogenated alkanes) is 50. The fourth-order valence-corrected chi connectivity index (χ4v) is 14.1. The van der Waals surface area contributed by atoms with Crippen LogP contribution >= 0.6 is 15.6 Å². The molecule has 0 aromatic rings. The van der Waals surface area contributed by atoms with E-state index in [1.807, 2.05) is 0 Å². The molecule has 0 heterocycles. The number of phosphoric acid groups is 2. The standard InChI is InChI=1S/C81H158O17P2/c1-7-9-11-13-15-17-19-21-23-25-26-27-28-29-31-33-35-39-47-53-59-65-80(85)97-76(69-91-78(83)63-57-51-45-38-34-32-30-24-22-20-18-16-14-12-10-8-2)71-95-99(87,88)93-67-75(82)68-94-100(89,90)96-72-77(70-92-79(84)64-58-52-46-42-41-44-50-56-62-74(5)6)98-81(86)66-60-54-48-40-36-37-43-49-55-61-73(3)4/h73-77,82H,7-72H2,1-6H3,(H,87,88)(H,89,90)/t75-,76-,77-/m1/s1. The highest BCUT2D eigenvalue weighted by atomic mass is 31.2. The molecule has 0 aliphatic carbocycles. The number of esters is 4. The predicted molar refractivity (Wildman–Crippen MR) is 409 cm³/mol. The normalized spacial score (nSPS) is 13.9. The molecule has 2 unspecified atom stereocenters. The lowest BCUT2D eigenvalue weighted by Crippen LogP contribution is -2.30. The third-order valence-electron chi connectivity index (χ3n) is 19.0. The Labute approximate surface area is 613 Å². The number of rotatable bonds is 80. The Bertz CT molecular complexity index is 1920. The maximum Gasteiger partial charge on any atom is 0.472 e. The average Bonchev–Trinajstić information content (AvgIpc) is 0.918. The number of ether oxygens (including phenoxy) is 4. The molecule has 100 heavy (non-hydrogen) atoms. The first-order valence-electron chi connectivity index (χ1n) is 42.0. The molecule has 0 aromatic carbocycles. The van der Waals surface area contributed by atoms with E-state index in [9.17, 15) is 43.2 Å². The van der Waals surface area contributed by atoms with Crippen LogP contribution in [0.15, 0.2) is 0 Å². The van der Waals surface area contributed by atoms with Crippen LogP contribution in [-0.2, 0) is 65.4 Å². The molecule has 0 aromatic heterocycles. The van der Waals surface area contributed by atoms with Crippen molar-refractivity contribution in [3.63, 3.8) is 0 Å². The van der Waals surface area contributed by atoms with Gasteiger partial charge in [0, 0.05) is 25.7 Å². The van der Waals surface area contributed by atoms with Crippen molar-refractivity contribution in [2.45, 2.75) is 445 Å². The number of hydrogen-bond donors (Lipinski definition) is 3. The number of aliphatic hydroxyl groups excluding tert-OH is 1. The molecule has 594 valence electrons. The molecule has 0 aliphatic rings. The summed E-state index contributed by atoms with van der Waals surface area (Å²) < 4.78 is 68.7. The fourth-order valence-electron chi connectivity index (χ4n) is 12.5. The SMILES string of the molecule is CCCCCCCCCCCCCCCCCCCCCCCC(=O)O[C@H](COC(=O)CCCCCCCCCCCCCCCCCC)COP(=O)(O)OC[C@@H](O)COP(=O)(O)OC[C@@H](COC(=O)CCCCCCCCCCC(C)C)OC(=O)CCCCCCCCCCCC(C)C. The smallest absolute Gasteiger partial charge is 0.462 e. The second-order valence-electron chi connectivity index (χ2n) is 30.1. The van der Waals surface area contributed by atoms with Gasteiger partial charge in [-0.25, -0.2) is 9.13 Å². The minimum Gasteiger partial charge on any atom is -0.462 e. The minimum atomic E-state index is -4.96. The van der Waals surface area contributed by atoms with Crippen LogP contribution in [0, 0.1) is 11.8 Å². The van der Waals surface area contributed by atoms with E-state index in [4.69, 9.17) is 37.0 Å². The van der Waals surface area contributed by atoms with Crippen molar-refractivity contribution in [3.8, 4) is 0 Å². The summed E-state index contributed by atoms with van der Waals surface area (Å²) in [5.41, 5.74) is 0. The van der Waals surface area contributed by atoms with Crippen molar-refractivity contribution in [3.05, 3.63) is 0 Å². The van der Waals surface area contributed by atoms with Crippen molar-refractivity contribution in [2.75, 3.05) is 39.6 Å². The molecule has 0 radical (unpaired) electrons. The van der Waals surface area contributed by atoms with Gasteiger partial charge in [-0.15, -0.1) is 0 Å². The second kappa shape index (κ2) is 72.6. The van der Waals surface area contributed by atoms with Gasteiger partial charge in [0.1, 0.15) is 19.3 Å². The van der Waals surface area contributed by atoms with Crippen LogP contribution in [-0.4, -0.2) is 96.7 Å². The molecule has 0 saturated heterocycles. The van der Waals surface area contributed by atoms with E-state index >= 15 is 0 Å². The highest BCUT2D eigenvalue weighted by Gasteiger charge is 2.30. The van der Waals surface area contributed by atoms with Crippen LogP contribution in [0.1, 0.15) is 427 Å². The molecule has 0 amide bonds.